The molecule has 1 heterocycles. The van der Waals surface area contributed by atoms with Crippen molar-refractivity contribution < 1.29 is 9.59 Å². The number of rotatable bonds is 6. The van der Waals surface area contributed by atoms with E-state index in [0.717, 1.165) is 30.6 Å². The zero-order valence-electron chi connectivity index (χ0n) is 16.0. The van der Waals surface area contributed by atoms with Crippen molar-refractivity contribution in [3.05, 3.63) is 65.2 Å². The number of para-hydroxylation sites is 1. The average molecular weight is 365 g/mol. The molecule has 0 bridgehead atoms. The Morgan fingerprint density at radius 2 is 1.74 bits per heavy atom. The number of hydrogen-bond donors (Lipinski definition) is 2. The Morgan fingerprint density at radius 3 is 2.44 bits per heavy atom. The number of amides is 2. The number of anilines is 1. The molecular formula is C22H27N3O2. The average Bonchev–Trinajstić information content (AvgIpc) is 3.13. The van der Waals surface area contributed by atoms with Gasteiger partial charge in [0.1, 0.15) is 0 Å². The Balaban J connectivity index is 1.40. The van der Waals surface area contributed by atoms with Crippen molar-refractivity contribution in [1.29, 1.82) is 0 Å². The Labute approximate surface area is 160 Å². The van der Waals surface area contributed by atoms with E-state index < -0.39 is 0 Å². The highest BCUT2D eigenvalue weighted by Gasteiger charge is 2.23. The van der Waals surface area contributed by atoms with Crippen molar-refractivity contribution in [1.82, 2.24) is 10.6 Å². The minimum absolute atomic E-state index is 0.000935. The van der Waals surface area contributed by atoms with Crippen LogP contribution in [0.25, 0.3) is 0 Å². The highest BCUT2D eigenvalue weighted by Crippen LogP contribution is 2.22. The van der Waals surface area contributed by atoms with Gasteiger partial charge in [-0.2, -0.15) is 0 Å². The van der Waals surface area contributed by atoms with Crippen molar-refractivity contribution >= 4 is 17.5 Å². The van der Waals surface area contributed by atoms with Crippen LogP contribution < -0.4 is 15.5 Å². The van der Waals surface area contributed by atoms with E-state index in [4.69, 9.17) is 0 Å². The normalized spacial score (nSPS) is 16.2. The number of nitrogens with one attached hydrogen (secondary N) is 2. The second-order valence-electron chi connectivity index (χ2n) is 7.30. The molecule has 27 heavy (non-hydrogen) atoms. The first-order valence-corrected chi connectivity index (χ1v) is 9.44. The largest absolute Gasteiger partial charge is 0.371 e. The maximum Gasteiger partial charge on any atom is 0.251 e. The molecule has 0 radical (unpaired) electrons. The maximum atomic E-state index is 12.2. The van der Waals surface area contributed by atoms with Crippen LogP contribution in [-0.4, -0.2) is 38.0 Å². The molecular weight excluding hydrogens is 338 g/mol. The van der Waals surface area contributed by atoms with Crippen LogP contribution in [0.4, 0.5) is 5.69 Å². The molecule has 0 spiro atoms. The quantitative estimate of drug-likeness (QED) is 0.827. The molecule has 0 aromatic heterocycles. The lowest BCUT2D eigenvalue weighted by molar-refractivity contribution is -0.120. The van der Waals surface area contributed by atoms with Crippen LogP contribution in [0.1, 0.15) is 27.9 Å². The fourth-order valence-corrected chi connectivity index (χ4v) is 3.56. The van der Waals surface area contributed by atoms with Crippen molar-refractivity contribution in [3.8, 4) is 0 Å². The summed E-state index contributed by atoms with van der Waals surface area (Å²) in [5, 5.41) is 5.65. The number of benzene rings is 2. The molecule has 1 atom stereocenters. The molecule has 1 aliphatic heterocycles. The van der Waals surface area contributed by atoms with Gasteiger partial charge < -0.3 is 15.5 Å². The summed E-state index contributed by atoms with van der Waals surface area (Å²) in [6.07, 6.45) is 1.06. The molecule has 1 saturated heterocycles. The van der Waals surface area contributed by atoms with E-state index in [1.54, 1.807) is 0 Å². The van der Waals surface area contributed by atoms with Crippen LogP contribution in [-0.2, 0) is 4.79 Å². The number of aryl methyl sites for hydroxylation is 2. The molecule has 2 aromatic rings. The van der Waals surface area contributed by atoms with Gasteiger partial charge in [0, 0.05) is 30.9 Å². The zero-order chi connectivity index (χ0) is 19.2. The molecule has 5 heteroatoms. The minimum atomic E-state index is -0.215. The van der Waals surface area contributed by atoms with E-state index >= 15 is 0 Å². The molecule has 0 aliphatic carbocycles. The fourth-order valence-electron chi connectivity index (χ4n) is 3.56. The SMILES string of the molecule is Cc1cc(C)cc(C(=O)NCC(=O)NC[C@H]2CCN(c3ccccc3)C2)c1. The lowest BCUT2D eigenvalue weighted by Gasteiger charge is -2.18. The standard InChI is InChI=1S/C22H27N3O2/c1-16-10-17(2)12-19(11-16)22(27)24-14-21(26)23-13-18-8-9-25(15-18)20-6-4-3-5-7-20/h3-7,10-12,18H,8-9,13-15H2,1-2H3,(H,23,26)(H,24,27)/t18-/m1/s1. The molecule has 3 rings (SSSR count). The third kappa shape index (κ3) is 5.33. The first-order chi connectivity index (χ1) is 13.0. The fraction of sp³-hybridized carbons (Fsp3) is 0.364. The van der Waals surface area contributed by atoms with E-state index in [1.807, 2.05) is 50.2 Å². The van der Waals surface area contributed by atoms with Gasteiger partial charge in [-0.1, -0.05) is 35.4 Å². The Bertz CT molecular complexity index is 784. The third-order valence-corrected chi connectivity index (χ3v) is 4.89. The van der Waals surface area contributed by atoms with Gasteiger partial charge in [-0.25, -0.2) is 0 Å². The Morgan fingerprint density at radius 1 is 1.04 bits per heavy atom. The molecule has 2 N–H and O–H groups in total. The summed E-state index contributed by atoms with van der Waals surface area (Å²) < 4.78 is 0. The highest BCUT2D eigenvalue weighted by molar-refractivity contribution is 5.96. The number of carbonyl (C=O) groups excluding carboxylic acids is 2. The van der Waals surface area contributed by atoms with Gasteiger partial charge in [0.05, 0.1) is 6.54 Å². The first-order valence-electron chi connectivity index (χ1n) is 9.44. The summed E-state index contributed by atoms with van der Waals surface area (Å²) >= 11 is 0. The van der Waals surface area contributed by atoms with Gasteiger partial charge in [-0.15, -0.1) is 0 Å². The summed E-state index contributed by atoms with van der Waals surface area (Å²) in [6.45, 7) is 6.50. The minimum Gasteiger partial charge on any atom is -0.371 e. The predicted octanol–water partition coefficient (Wildman–Crippen LogP) is 2.68. The Hall–Kier alpha value is -2.82. The summed E-state index contributed by atoms with van der Waals surface area (Å²) in [6, 6.07) is 16.0. The van der Waals surface area contributed by atoms with E-state index in [0.29, 0.717) is 18.0 Å². The number of carbonyl (C=O) groups is 2. The number of hydrogen-bond acceptors (Lipinski definition) is 3. The molecule has 2 aromatic carbocycles. The summed E-state index contributed by atoms with van der Waals surface area (Å²) in [5.41, 5.74) is 3.89. The number of nitrogens with zero attached hydrogens (tertiary/aromatic N) is 1. The van der Waals surface area contributed by atoms with E-state index in [2.05, 4.69) is 27.7 Å². The van der Waals surface area contributed by atoms with Crippen LogP contribution in [0.2, 0.25) is 0 Å². The Kier molecular flexibility index (Phi) is 6.12. The monoisotopic (exact) mass is 365 g/mol. The van der Waals surface area contributed by atoms with E-state index in [9.17, 15) is 9.59 Å². The van der Waals surface area contributed by atoms with Gasteiger partial charge >= 0.3 is 0 Å². The lowest BCUT2D eigenvalue weighted by Crippen LogP contribution is -2.39. The molecule has 0 unspecified atom stereocenters. The van der Waals surface area contributed by atoms with Crippen molar-refractivity contribution in [2.75, 3.05) is 31.1 Å². The van der Waals surface area contributed by atoms with Crippen LogP contribution in [0.5, 0.6) is 0 Å². The molecule has 5 nitrogen and oxygen atoms in total. The second-order valence-corrected chi connectivity index (χ2v) is 7.30. The molecule has 0 saturated carbocycles. The van der Waals surface area contributed by atoms with Crippen LogP contribution >= 0.6 is 0 Å². The van der Waals surface area contributed by atoms with Gasteiger partial charge in [0.15, 0.2) is 0 Å². The predicted molar refractivity (Wildman–Crippen MR) is 108 cm³/mol. The van der Waals surface area contributed by atoms with Crippen molar-refractivity contribution in [3.63, 3.8) is 0 Å². The van der Waals surface area contributed by atoms with Crippen LogP contribution in [0.3, 0.4) is 0 Å². The maximum absolute atomic E-state index is 12.2. The smallest absolute Gasteiger partial charge is 0.251 e. The van der Waals surface area contributed by atoms with Crippen molar-refractivity contribution in [2.24, 2.45) is 5.92 Å². The third-order valence-electron chi connectivity index (χ3n) is 4.89. The van der Waals surface area contributed by atoms with Gasteiger partial charge in [-0.3, -0.25) is 9.59 Å². The summed E-state index contributed by atoms with van der Waals surface area (Å²) in [5.74, 6) is 0.0724. The molecule has 142 valence electrons. The van der Waals surface area contributed by atoms with Gasteiger partial charge in [0.2, 0.25) is 5.91 Å². The van der Waals surface area contributed by atoms with Gasteiger partial charge in [0.25, 0.3) is 5.91 Å². The van der Waals surface area contributed by atoms with Crippen LogP contribution in [0, 0.1) is 19.8 Å². The highest BCUT2D eigenvalue weighted by atomic mass is 16.2. The summed E-state index contributed by atoms with van der Waals surface area (Å²) in [4.78, 5) is 26.6. The topological polar surface area (TPSA) is 61.4 Å². The molecule has 1 aliphatic rings. The first kappa shape index (κ1) is 19.0. The van der Waals surface area contributed by atoms with E-state index in [-0.39, 0.29) is 18.4 Å². The second kappa shape index (κ2) is 8.71. The lowest BCUT2D eigenvalue weighted by atomic mass is 10.1. The van der Waals surface area contributed by atoms with Crippen molar-refractivity contribution in [2.45, 2.75) is 20.3 Å². The molecule has 2 amide bonds. The molecule has 1 fully saturated rings. The zero-order valence-corrected chi connectivity index (χ0v) is 16.0. The summed E-state index contributed by atoms with van der Waals surface area (Å²) in [7, 11) is 0. The van der Waals surface area contributed by atoms with Crippen LogP contribution in [0.15, 0.2) is 48.5 Å². The van der Waals surface area contributed by atoms with Gasteiger partial charge in [-0.05, 0) is 50.5 Å². The van der Waals surface area contributed by atoms with E-state index in [1.165, 1.54) is 5.69 Å².